The van der Waals surface area contributed by atoms with Gasteiger partial charge in [0.2, 0.25) is 0 Å². The van der Waals surface area contributed by atoms with Gasteiger partial charge in [0, 0.05) is 25.2 Å². The molecule has 0 aliphatic heterocycles. The molecule has 6 heteroatoms. The van der Waals surface area contributed by atoms with Gasteiger partial charge in [-0.05, 0) is 32.7 Å². The molecule has 1 fully saturated rings. The Morgan fingerprint density at radius 1 is 1.06 bits per heavy atom. The summed E-state index contributed by atoms with van der Waals surface area (Å²) in [4.78, 5) is 0. The van der Waals surface area contributed by atoms with Gasteiger partial charge in [0.25, 0.3) is 0 Å². The first-order valence-corrected chi connectivity index (χ1v) is 8.88. The maximum absolute atomic E-state index is 12.5. The van der Waals surface area contributed by atoms with Crippen molar-refractivity contribution >= 4 is 8.56 Å². The molecule has 108 valence electrons. The monoisotopic (exact) mass is 284 g/mol. The molecule has 1 aliphatic rings. The second-order valence-corrected chi connectivity index (χ2v) is 8.29. The highest BCUT2D eigenvalue weighted by molar-refractivity contribution is 6.69. The number of alkyl halides is 3. The van der Waals surface area contributed by atoms with Gasteiger partial charge < -0.3 is 8.85 Å². The molecule has 0 unspecified atom stereocenters. The van der Waals surface area contributed by atoms with Crippen LogP contribution < -0.4 is 0 Å². The minimum atomic E-state index is -4.12. The SMILES string of the molecule is CCO[Si](CCC(F)(F)F)(OCC)C1CCCC1. The second kappa shape index (κ2) is 6.91. The molecule has 2 nitrogen and oxygen atoms in total. The summed E-state index contributed by atoms with van der Waals surface area (Å²) in [7, 11) is -2.69. The van der Waals surface area contributed by atoms with E-state index in [0.29, 0.717) is 13.2 Å². The lowest BCUT2D eigenvalue weighted by molar-refractivity contribution is -0.132. The van der Waals surface area contributed by atoms with Crippen LogP contribution in [0.4, 0.5) is 13.2 Å². The molecule has 0 heterocycles. The van der Waals surface area contributed by atoms with Crippen molar-refractivity contribution in [2.24, 2.45) is 0 Å². The lowest BCUT2D eigenvalue weighted by Gasteiger charge is -2.35. The van der Waals surface area contributed by atoms with E-state index in [9.17, 15) is 13.2 Å². The van der Waals surface area contributed by atoms with Crippen molar-refractivity contribution in [3.05, 3.63) is 0 Å². The van der Waals surface area contributed by atoms with E-state index in [4.69, 9.17) is 8.85 Å². The zero-order valence-corrected chi connectivity index (χ0v) is 12.2. The number of hydrogen-bond acceptors (Lipinski definition) is 2. The first-order chi connectivity index (χ1) is 8.43. The molecular weight excluding hydrogens is 261 g/mol. The fourth-order valence-corrected chi connectivity index (χ4v) is 6.94. The van der Waals surface area contributed by atoms with Crippen molar-refractivity contribution in [2.45, 2.75) is 63.7 Å². The van der Waals surface area contributed by atoms with Crippen LogP contribution in [0, 0.1) is 0 Å². The molecule has 1 saturated carbocycles. The van der Waals surface area contributed by atoms with E-state index in [2.05, 4.69) is 0 Å². The van der Waals surface area contributed by atoms with Gasteiger partial charge in [0.15, 0.2) is 0 Å². The van der Waals surface area contributed by atoms with E-state index < -0.39 is 21.2 Å². The maximum Gasteiger partial charge on any atom is 0.389 e. The van der Waals surface area contributed by atoms with Crippen molar-refractivity contribution < 1.29 is 22.0 Å². The molecule has 0 aromatic heterocycles. The second-order valence-electron chi connectivity index (χ2n) is 4.77. The Morgan fingerprint density at radius 3 is 1.94 bits per heavy atom. The largest absolute Gasteiger partial charge is 0.394 e. The van der Waals surface area contributed by atoms with Crippen LogP contribution in [-0.2, 0) is 8.85 Å². The molecule has 18 heavy (non-hydrogen) atoms. The Hall–Kier alpha value is -0.0731. The molecule has 1 rings (SSSR count). The van der Waals surface area contributed by atoms with Crippen LogP contribution in [0.2, 0.25) is 11.6 Å². The third-order valence-corrected chi connectivity index (χ3v) is 7.83. The summed E-state index contributed by atoms with van der Waals surface area (Å²) in [6.45, 7) is 4.56. The third-order valence-electron chi connectivity index (χ3n) is 3.51. The first-order valence-electron chi connectivity index (χ1n) is 6.78. The fourth-order valence-electron chi connectivity index (χ4n) is 2.80. The van der Waals surface area contributed by atoms with E-state index in [1.165, 1.54) is 0 Å². The minimum absolute atomic E-state index is 0.0445. The molecule has 1 aliphatic carbocycles. The van der Waals surface area contributed by atoms with Crippen molar-refractivity contribution in [3.63, 3.8) is 0 Å². The van der Waals surface area contributed by atoms with Gasteiger partial charge >= 0.3 is 14.7 Å². The topological polar surface area (TPSA) is 18.5 Å². The molecule has 0 bridgehead atoms. The molecule has 0 N–H and O–H groups in total. The van der Waals surface area contributed by atoms with Crippen molar-refractivity contribution in [1.29, 1.82) is 0 Å². The van der Waals surface area contributed by atoms with Crippen LogP contribution in [0.15, 0.2) is 0 Å². The zero-order chi connectivity index (χ0) is 13.6. The number of hydrogen-bond donors (Lipinski definition) is 0. The Morgan fingerprint density at radius 2 is 1.56 bits per heavy atom. The Labute approximate surface area is 108 Å². The summed E-state index contributed by atoms with van der Waals surface area (Å²) in [5.41, 5.74) is 0.236. The third kappa shape index (κ3) is 4.55. The highest BCUT2D eigenvalue weighted by atomic mass is 28.4. The normalized spacial score (nSPS) is 18.5. The Bertz CT molecular complexity index is 234. The highest BCUT2D eigenvalue weighted by Crippen LogP contribution is 2.43. The van der Waals surface area contributed by atoms with Gasteiger partial charge in [0.05, 0.1) is 0 Å². The number of halogens is 3. The Kier molecular flexibility index (Phi) is 6.14. The molecule has 0 radical (unpaired) electrons. The molecule has 0 saturated heterocycles. The summed E-state index contributed by atoms with van der Waals surface area (Å²) in [6.07, 6.45) is -0.799. The fraction of sp³-hybridized carbons (Fsp3) is 1.00. The van der Waals surface area contributed by atoms with E-state index >= 15 is 0 Å². The molecule has 0 aromatic rings. The summed E-state index contributed by atoms with van der Waals surface area (Å²) >= 11 is 0. The standard InChI is InChI=1S/C12H23F3O2Si/c1-3-16-18(17-4-2,10-9-12(13,14)15)11-7-5-6-8-11/h11H,3-10H2,1-2H3. The van der Waals surface area contributed by atoms with Crippen LogP contribution in [0.1, 0.15) is 46.0 Å². The molecular formula is C12H23F3O2Si. The van der Waals surface area contributed by atoms with E-state index in [-0.39, 0.29) is 11.6 Å². The van der Waals surface area contributed by atoms with Crippen LogP contribution >= 0.6 is 0 Å². The summed E-state index contributed by atoms with van der Waals surface area (Å²) in [6, 6.07) is 0.0445. The highest BCUT2D eigenvalue weighted by Gasteiger charge is 2.48. The van der Waals surface area contributed by atoms with Crippen LogP contribution in [0.3, 0.4) is 0 Å². The molecule has 0 spiro atoms. The number of rotatable bonds is 7. The zero-order valence-electron chi connectivity index (χ0n) is 11.2. The molecule has 0 aromatic carbocycles. The summed E-state index contributed by atoms with van der Waals surface area (Å²) < 4.78 is 48.9. The Balaban J connectivity index is 2.75. The quantitative estimate of drug-likeness (QED) is 0.645. The molecule has 0 atom stereocenters. The van der Waals surface area contributed by atoms with Gasteiger partial charge in [-0.3, -0.25) is 0 Å². The van der Waals surface area contributed by atoms with Gasteiger partial charge in [-0.1, -0.05) is 12.8 Å². The van der Waals surface area contributed by atoms with Crippen LogP contribution in [0.5, 0.6) is 0 Å². The van der Waals surface area contributed by atoms with Gasteiger partial charge in [-0.2, -0.15) is 13.2 Å². The summed E-state index contributed by atoms with van der Waals surface area (Å²) in [5, 5.41) is 0. The minimum Gasteiger partial charge on any atom is -0.394 e. The van der Waals surface area contributed by atoms with Gasteiger partial charge in [-0.15, -0.1) is 0 Å². The average molecular weight is 284 g/mol. The van der Waals surface area contributed by atoms with E-state index in [0.717, 1.165) is 25.7 Å². The summed E-state index contributed by atoms with van der Waals surface area (Å²) in [5.74, 6) is 0. The van der Waals surface area contributed by atoms with Crippen LogP contribution in [-0.4, -0.2) is 28.0 Å². The predicted octanol–water partition coefficient (Wildman–Crippen LogP) is 4.40. The average Bonchev–Trinajstić information content (AvgIpc) is 2.79. The van der Waals surface area contributed by atoms with Gasteiger partial charge in [-0.25, -0.2) is 0 Å². The lowest BCUT2D eigenvalue weighted by atomic mass is 10.4. The smallest absolute Gasteiger partial charge is 0.389 e. The van der Waals surface area contributed by atoms with Crippen LogP contribution in [0.25, 0.3) is 0 Å². The van der Waals surface area contributed by atoms with Crippen molar-refractivity contribution in [3.8, 4) is 0 Å². The van der Waals surface area contributed by atoms with Crippen molar-refractivity contribution in [2.75, 3.05) is 13.2 Å². The van der Waals surface area contributed by atoms with E-state index in [1.807, 2.05) is 13.8 Å². The van der Waals surface area contributed by atoms with E-state index in [1.54, 1.807) is 0 Å². The maximum atomic E-state index is 12.5. The lowest BCUT2D eigenvalue weighted by Crippen LogP contribution is -2.47. The molecule has 0 amide bonds. The van der Waals surface area contributed by atoms with Crippen molar-refractivity contribution in [1.82, 2.24) is 0 Å². The van der Waals surface area contributed by atoms with Gasteiger partial charge in [0.1, 0.15) is 0 Å². The predicted molar refractivity (Wildman–Crippen MR) is 66.7 cm³/mol. The first kappa shape index (κ1) is 16.0.